The summed E-state index contributed by atoms with van der Waals surface area (Å²) in [4.78, 5) is 2.21. The quantitative estimate of drug-likeness (QED) is 0.931. The summed E-state index contributed by atoms with van der Waals surface area (Å²) >= 11 is 0. The first-order valence-electron chi connectivity index (χ1n) is 8.30. The fraction of sp³-hybridized carbons (Fsp3) is 0.500. The number of hydrogen-bond donors (Lipinski definition) is 1. The minimum Gasteiger partial charge on any atom is -0.396 e. The Morgan fingerprint density at radius 2 is 2.17 bits per heavy atom. The van der Waals surface area contributed by atoms with Crippen LogP contribution in [0, 0.1) is 25.6 Å². The van der Waals surface area contributed by atoms with Crippen LogP contribution in [0.2, 0.25) is 0 Å². The van der Waals surface area contributed by atoms with Gasteiger partial charge >= 0.3 is 0 Å². The lowest BCUT2D eigenvalue weighted by Gasteiger charge is -2.23. The average molecular weight is 333 g/mol. The summed E-state index contributed by atoms with van der Waals surface area (Å²) in [5, 5.41) is 14.0. The highest BCUT2D eigenvalue weighted by molar-refractivity contribution is 5.42. The first-order valence-corrected chi connectivity index (χ1v) is 8.30. The van der Waals surface area contributed by atoms with Crippen molar-refractivity contribution in [3.8, 4) is 5.69 Å². The molecule has 2 heterocycles. The van der Waals surface area contributed by atoms with E-state index in [0.717, 1.165) is 35.7 Å². The summed E-state index contributed by atoms with van der Waals surface area (Å²) < 4.78 is 21.2. The van der Waals surface area contributed by atoms with E-state index >= 15 is 0 Å². The molecule has 130 valence electrons. The van der Waals surface area contributed by atoms with Crippen LogP contribution < -0.4 is 0 Å². The highest BCUT2D eigenvalue weighted by Crippen LogP contribution is 2.21. The van der Waals surface area contributed by atoms with Gasteiger partial charge < -0.3 is 9.84 Å². The smallest absolute Gasteiger partial charge is 0.123 e. The molecule has 0 aliphatic carbocycles. The van der Waals surface area contributed by atoms with Crippen LogP contribution in [0.25, 0.3) is 5.69 Å². The Morgan fingerprint density at radius 1 is 1.33 bits per heavy atom. The van der Waals surface area contributed by atoms with Crippen LogP contribution in [0.3, 0.4) is 0 Å². The first-order chi connectivity index (χ1) is 11.6. The molecule has 1 fully saturated rings. The number of ether oxygens (including phenoxy) is 1. The van der Waals surface area contributed by atoms with Gasteiger partial charge in [0.1, 0.15) is 5.82 Å². The summed E-state index contributed by atoms with van der Waals surface area (Å²) in [6, 6.07) is 6.83. The third kappa shape index (κ3) is 3.83. The van der Waals surface area contributed by atoms with E-state index in [4.69, 9.17) is 4.74 Å². The maximum atomic E-state index is 13.8. The summed E-state index contributed by atoms with van der Waals surface area (Å²) in [5.74, 6) is -0.154. The minimum absolute atomic E-state index is 0.0955. The van der Waals surface area contributed by atoms with Gasteiger partial charge in [-0.3, -0.25) is 4.90 Å². The van der Waals surface area contributed by atoms with Crippen LogP contribution in [0.1, 0.15) is 17.0 Å². The predicted octanol–water partition coefficient (Wildman–Crippen LogP) is 2.07. The molecule has 3 rings (SSSR count). The van der Waals surface area contributed by atoms with Crippen molar-refractivity contribution < 1.29 is 14.2 Å². The molecule has 1 unspecified atom stereocenters. The van der Waals surface area contributed by atoms with E-state index in [1.54, 1.807) is 12.1 Å². The van der Waals surface area contributed by atoms with E-state index in [2.05, 4.69) is 10.00 Å². The second-order valence-electron chi connectivity index (χ2n) is 6.47. The summed E-state index contributed by atoms with van der Waals surface area (Å²) in [6.45, 7) is 7.35. The molecule has 2 aromatic rings. The Balaban J connectivity index is 1.89. The van der Waals surface area contributed by atoms with E-state index in [-0.39, 0.29) is 18.3 Å². The number of hydrogen-bond acceptors (Lipinski definition) is 4. The van der Waals surface area contributed by atoms with Gasteiger partial charge in [0.15, 0.2) is 0 Å². The molecule has 1 aromatic heterocycles. The molecule has 6 heteroatoms. The lowest BCUT2D eigenvalue weighted by molar-refractivity contribution is 0.0958. The van der Waals surface area contributed by atoms with Crippen LogP contribution in [0.5, 0.6) is 0 Å². The molecular formula is C18H24FN3O2. The Morgan fingerprint density at radius 3 is 2.88 bits per heavy atom. The molecular weight excluding hydrogens is 309 g/mol. The average Bonchev–Trinajstić information content (AvgIpc) is 2.74. The topological polar surface area (TPSA) is 50.5 Å². The van der Waals surface area contributed by atoms with Gasteiger partial charge in [0.05, 0.1) is 24.6 Å². The van der Waals surface area contributed by atoms with Gasteiger partial charge in [-0.2, -0.15) is 5.10 Å². The second-order valence-corrected chi connectivity index (χ2v) is 6.47. The van der Waals surface area contributed by atoms with Crippen LogP contribution >= 0.6 is 0 Å². The molecule has 1 aliphatic heterocycles. The second kappa shape index (κ2) is 7.42. The standard InChI is InChI=1S/C18H24FN3O2/c1-13-7-14(2)22(20-13)18-4-3-17(19)8-16(18)10-21-5-6-24-12-15(9-21)11-23/h3-4,7-8,15,23H,5-6,9-12H2,1-2H3. The first kappa shape index (κ1) is 17.1. The number of rotatable bonds is 4. The monoisotopic (exact) mass is 333 g/mol. The molecule has 0 bridgehead atoms. The van der Waals surface area contributed by atoms with Gasteiger partial charge in [0, 0.05) is 37.9 Å². The van der Waals surface area contributed by atoms with Gasteiger partial charge in [0.2, 0.25) is 0 Å². The maximum absolute atomic E-state index is 13.8. The van der Waals surface area contributed by atoms with E-state index in [1.807, 2.05) is 24.6 Å². The lowest BCUT2D eigenvalue weighted by atomic mass is 10.1. The Bertz CT molecular complexity index is 702. The Kier molecular flexibility index (Phi) is 5.28. The fourth-order valence-corrected chi connectivity index (χ4v) is 3.21. The van der Waals surface area contributed by atoms with Crippen molar-refractivity contribution in [1.29, 1.82) is 0 Å². The van der Waals surface area contributed by atoms with Crippen molar-refractivity contribution in [2.24, 2.45) is 5.92 Å². The van der Waals surface area contributed by atoms with Crippen molar-refractivity contribution >= 4 is 0 Å². The van der Waals surface area contributed by atoms with Gasteiger partial charge in [-0.25, -0.2) is 9.07 Å². The van der Waals surface area contributed by atoms with Gasteiger partial charge in [0.25, 0.3) is 0 Å². The van der Waals surface area contributed by atoms with E-state index in [9.17, 15) is 9.50 Å². The largest absolute Gasteiger partial charge is 0.396 e. The van der Waals surface area contributed by atoms with Crippen LogP contribution in [0.4, 0.5) is 4.39 Å². The molecule has 0 spiro atoms. The molecule has 5 nitrogen and oxygen atoms in total. The molecule has 1 atom stereocenters. The third-order valence-electron chi connectivity index (χ3n) is 4.35. The zero-order chi connectivity index (χ0) is 17.1. The number of aliphatic hydroxyl groups is 1. The number of aromatic nitrogens is 2. The molecule has 0 saturated carbocycles. The zero-order valence-electron chi connectivity index (χ0n) is 14.2. The number of nitrogens with zero attached hydrogens (tertiary/aromatic N) is 3. The minimum atomic E-state index is -0.250. The number of benzene rings is 1. The summed E-state index contributed by atoms with van der Waals surface area (Å²) in [7, 11) is 0. The van der Waals surface area contributed by atoms with Crippen LogP contribution in [-0.4, -0.2) is 52.7 Å². The van der Waals surface area contributed by atoms with Crippen molar-refractivity contribution in [2.75, 3.05) is 32.9 Å². The molecule has 24 heavy (non-hydrogen) atoms. The molecule has 1 aliphatic rings. The fourth-order valence-electron chi connectivity index (χ4n) is 3.21. The van der Waals surface area contributed by atoms with Gasteiger partial charge in [-0.15, -0.1) is 0 Å². The van der Waals surface area contributed by atoms with Crippen molar-refractivity contribution in [3.05, 3.63) is 47.0 Å². The molecule has 1 N–H and O–H groups in total. The Hall–Kier alpha value is -1.76. The van der Waals surface area contributed by atoms with Crippen molar-refractivity contribution in [2.45, 2.75) is 20.4 Å². The maximum Gasteiger partial charge on any atom is 0.123 e. The predicted molar refractivity (Wildman–Crippen MR) is 89.7 cm³/mol. The highest BCUT2D eigenvalue weighted by atomic mass is 19.1. The summed E-state index contributed by atoms with van der Waals surface area (Å²) in [6.07, 6.45) is 0. The van der Waals surface area contributed by atoms with Crippen LogP contribution in [0.15, 0.2) is 24.3 Å². The molecule has 0 amide bonds. The summed E-state index contributed by atoms with van der Waals surface area (Å²) in [5.41, 5.74) is 3.74. The molecule has 1 aromatic carbocycles. The van der Waals surface area contributed by atoms with Crippen molar-refractivity contribution in [1.82, 2.24) is 14.7 Å². The van der Waals surface area contributed by atoms with Gasteiger partial charge in [-0.1, -0.05) is 0 Å². The van der Waals surface area contributed by atoms with E-state index in [1.165, 1.54) is 6.07 Å². The lowest BCUT2D eigenvalue weighted by Crippen LogP contribution is -2.31. The zero-order valence-corrected chi connectivity index (χ0v) is 14.2. The number of aliphatic hydroxyl groups excluding tert-OH is 1. The molecule has 0 radical (unpaired) electrons. The third-order valence-corrected chi connectivity index (χ3v) is 4.35. The highest BCUT2D eigenvalue weighted by Gasteiger charge is 2.20. The van der Waals surface area contributed by atoms with E-state index in [0.29, 0.717) is 19.8 Å². The molecule has 1 saturated heterocycles. The number of aryl methyl sites for hydroxylation is 2. The SMILES string of the molecule is Cc1cc(C)n(-c2ccc(F)cc2CN2CCOCC(CO)C2)n1. The van der Waals surface area contributed by atoms with Crippen molar-refractivity contribution in [3.63, 3.8) is 0 Å². The number of halogens is 1. The normalized spacial score (nSPS) is 19.4. The van der Waals surface area contributed by atoms with E-state index < -0.39 is 0 Å². The van der Waals surface area contributed by atoms with Crippen LogP contribution in [-0.2, 0) is 11.3 Å². The Labute approximate surface area is 141 Å². The van der Waals surface area contributed by atoms with Gasteiger partial charge in [-0.05, 0) is 43.7 Å².